The van der Waals surface area contributed by atoms with Crippen LogP contribution in [0.3, 0.4) is 0 Å². The van der Waals surface area contributed by atoms with Gasteiger partial charge in [-0.3, -0.25) is 0 Å². The number of hydrogen-bond acceptors (Lipinski definition) is 4. The fraction of sp³-hybridized carbons (Fsp3) is 0.0833. The molecule has 0 saturated heterocycles. The Bertz CT molecular complexity index is 1390. The van der Waals surface area contributed by atoms with E-state index in [1.54, 1.807) is 22.9 Å². The van der Waals surface area contributed by atoms with Crippen LogP contribution in [-0.4, -0.2) is 14.8 Å². The third kappa shape index (κ3) is 3.04. The summed E-state index contributed by atoms with van der Waals surface area (Å²) < 4.78 is 24.2. The van der Waals surface area contributed by atoms with Crippen molar-refractivity contribution in [2.45, 2.75) is 12.1 Å². The van der Waals surface area contributed by atoms with Gasteiger partial charge in [0, 0.05) is 26.2 Å². The highest BCUT2D eigenvalue weighted by Crippen LogP contribution is 2.51. The second-order valence-corrected chi connectivity index (χ2v) is 8.95. The van der Waals surface area contributed by atoms with Crippen molar-refractivity contribution in [1.29, 1.82) is 0 Å². The molecule has 32 heavy (non-hydrogen) atoms. The molecule has 8 heteroatoms. The molecule has 0 fully saturated rings. The quantitative estimate of drug-likeness (QED) is 0.340. The van der Waals surface area contributed by atoms with Crippen molar-refractivity contribution < 1.29 is 9.13 Å². The number of ether oxygens (including phenoxy) is 1. The molecule has 0 saturated carbocycles. The van der Waals surface area contributed by atoms with E-state index >= 15 is 4.39 Å². The van der Waals surface area contributed by atoms with Crippen molar-refractivity contribution in [3.05, 3.63) is 111 Å². The number of aromatic nitrogens is 3. The summed E-state index contributed by atoms with van der Waals surface area (Å²) in [5, 5.41) is 8.45. The van der Waals surface area contributed by atoms with Crippen LogP contribution in [0.2, 0.25) is 5.02 Å². The largest absolute Gasteiger partial charge is 0.480 e. The second-order valence-electron chi connectivity index (χ2n) is 7.60. The molecule has 0 amide bonds. The van der Waals surface area contributed by atoms with E-state index in [1.807, 2.05) is 42.5 Å². The first-order valence-corrected chi connectivity index (χ1v) is 11.1. The van der Waals surface area contributed by atoms with Crippen LogP contribution in [0.25, 0.3) is 5.70 Å². The van der Waals surface area contributed by atoms with E-state index in [-0.39, 0.29) is 11.9 Å². The van der Waals surface area contributed by atoms with Crippen LogP contribution < -0.4 is 10.1 Å². The summed E-state index contributed by atoms with van der Waals surface area (Å²) in [5.74, 6) is 0.883. The standard InChI is InChI=1S/C24H15BrClFN4O/c25-14-7-5-13(6-8-14)22-20-21(30-24-28-12-29-31(22)24)17-11-15(26)9-10-19(17)32-23(20)16-3-1-2-4-18(16)27/h1-12,22-23H,(H,28,29,30). The number of benzene rings is 3. The second kappa shape index (κ2) is 7.46. The zero-order valence-electron chi connectivity index (χ0n) is 16.5. The molecule has 2 unspecified atom stereocenters. The minimum absolute atomic E-state index is 0.333. The third-order valence-corrected chi connectivity index (χ3v) is 6.51. The van der Waals surface area contributed by atoms with Crippen LogP contribution in [-0.2, 0) is 0 Å². The first kappa shape index (κ1) is 19.5. The summed E-state index contributed by atoms with van der Waals surface area (Å²) in [4.78, 5) is 4.40. The van der Waals surface area contributed by atoms with Gasteiger partial charge in [-0.2, -0.15) is 10.1 Å². The minimum Gasteiger partial charge on any atom is -0.480 e. The Morgan fingerprint density at radius 3 is 2.69 bits per heavy atom. The first-order valence-electron chi connectivity index (χ1n) is 9.97. The fourth-order valence-corrected chi connectivity index (χ4v) is 4.79. The Labute approximate surface area is 196 Å². The molecule has 2 aliphatic heterocycles. The molecule has 4 aromatic rings. The van der Waals surface area contributed by atoms with E-state index in [4.69, 9.17) is 16.3 Å². The Hall–Kier alpha value is -3.16. The van der Waals surface area contributed by atoms with Gasteiger partial charge in [0.05, 0.1) is 5.70 Å². The van der Waals surface area contributed by atoms with Crippen LogP contribution in [0.1, 0.15) is 28.8 Å². The highest BCUT2D eigenvalue weighted by molar-refractivity contribution is 9.10. The predicted molar refractivity (Wildman–Crippen MR) is 124 cm³/mol. The summed E-state index contributed by atoms with van der Waals surface area (Å²) in [6.07, 6.45) is 0.836. The lowest BCUT2D eigenvalue weighted by atomic mass is 9.84. The summed E-state index contributed by atoms with van der Waals surface area (Å²) in [7, 11) is 0. The highest BCUT2D eigenvalue weighted by Gasteiger charge is 2.41. The van der Waals surface area contributed by atoms with Gasteiger partial charge in [0.15, 0.2) is 6.10 Å². The molecule has 5 nitrogen and oxygen atoms in total. The zero-order chi connectivity index (χ0) is 21.8. The fourth-order valence-electron chi connectivity index (χ4n) is 4.35. The van der Waals surface area contributed by atoms with Crippen molar-refractivity contribution in [3.8, 4) is 5.75 Å². The van der Waals surface area contributed by atoms with Gasteiger partial charge >= 0.3 is 0 Å². The van der Waals surface area contributed by atoms with Gasteiger partial charge in [0.2, 0.25) is 5.95 Å². The molecule has 6 rings (SSSR count). The highest BCUT2D eigenvalue weighted by atomic mass is 79.9. The average molecular weight is 510 g/mol. The maximum absolute atomic E-state index is 15.0. The van der Waals surface area contributed by atoms with E-state index in [0.717, 1.165) is 26.9 Å². The van der Waals surface area contributed by atoms with E-state index < -0.39 is 6.10 Å². The van der Waals surface area contributed by atoms with Crippen LogP contribution in [0.5, 0.6) is 5.75 Å². The van der Waals surface area contributed by atoms with Crippen molar-refractivity contribution in [2.75, 3.05) is 5.32 Å². The van der Waals surface area contributed by atoms with E-state index in [0.29, 0.717) is 22.3 Å². The predicted octanol–water partition coefficient (Wildman–Crippen LogP) is 6.39. The van der Waals surface area contributed by atoms with Gasteiger partial charge < -0.3 is 10.1 Å². The molecule has 158 valence electrons. The lowest BCUT2D eigenvalue weighted by Crippen LogP contribution is -2.32. The first-order chi connectivity index (χ1) is 15.6. The number of hydrogen-bond donors (Lipinski definition) is 1. The Morgan fingerprint density at radius 1 is 1.06 bits per heavy atom. The van der Waals surface area contributed by atoms with E-state index in [1.165, 1.54) is 12.4 Å². The molecular formula is C24H15BrClFN4O. The number of rotatable bonds is 2. The van der Waals surface area contributed by atoms with Crippen LogP contribution in [0, 0.1) is 5.82 Å². The SMILES string of the molecule is Fc1ccccc1C1Oc2ccc(Cl)cc2C2=C1C(c1ccc(Br)cc1)n1ncnc1N2. The van der Waals surface area contributed by atoms with Gasteiger partial charge in [-0.1, -0.05) is 57.9 Å². The summed E-state index contributed by atoms with van der Waals surface area (Å²) in [5.41, 5.74) is 3.87. The van der Waals surface area contributed by atoms with Gasteiger partial charge in [-0.15, -0.1) is 0 Å². The average Bonchev–Trinajstić information content (AvgIpc) is 3.27. The summed E-state index contributed by atoms with van der Waals surface area (Å²) in [6, 6.07) is 19.7. The van der Waals surface area contributed by atoms with Crippen molar-refractivity contribution in [1.82, 2.24) is 14.8 Å². The smallest absolute Gasteiger partial charge is 0.226 e. The van der Waals surface area contributed by atoms with Gasteiger partial charge in [-0.25, -0.2) is 9.07 Å². The summed E-state index contributed by atoms with van der Waals surface area (Å²) >= 11 is 9.83. The Morgan fingerprint density at radius 2 is 1.88 bits per heavy atom. The topological polar surface area (TPSA) is 52.0 Å². The third-order valence-electron chi connectivity index (χ3n) is 5.75. The molecular weight excluding hydrogens is 495 g/mol. The van der Waals surface area contributed by atoms with Crippen molar-refractivity contribution in [3.63, 3.8) is 0 Å². The number of anilines is 1. The van der Waals surface area contributed by atoms with Crippen LogP contribution in [0.15, 0.2) is 83.1 Å². The lowest BCUT2D eigenvalue weighted by molar-refractivity contribution is 0.218. The lowest BCUT2D eigenvalue weighted by Gasteiger charge is -2.39. The van der Waals surface area contributed by atoms with Gasteiger partial charge in [0.1, 0.15) is 23.9 Å². The van der Waals surface area contributed by atoms with E-state index in [9.17, 15) is 0 Å². The summed E-state index contributed by atoms with van der Waals surface area (Å²) in [6.45, 7) is 0. The van der Waals surface area contributed by atoms with Gasteiger partial charge in [0.25, 0.3) is 0 Å². The Balaban J connectivity index is 1.65. The normalized spacial score (nSPS) is 18.8. The molecule has 0 spiro atoms. The van der Waals surface area contributed by atoms with Crippen LogP contribution >= 0.6 is 27.5 Å². The molecule has 0 radical (unpaired) electrons. The zero-order valence-corrected chi connectivity index (χ0v) is 18.8. The van der Waals surface area contributed by atoms with Crippen LogP contribution in [0.4, 0.5) is 10.3 Å². The molecule has 3 heterocycles. The maximum Gasteiger partial charge on any atom is 0.226 e. The molecule has 0 bridgehead atoms. The number of halogens is 3. The molecule has 1 N–H and O–H groups in total. The molecule has 2 atom stereocenters. The maximum atomic E-state index is 15.0. The molecule has 3 aromatic carbocycles. The Kier molecular flexibility index (Phi) is 4.55. The molecule has 2 aliphatic rings. The monoisotopic (exact) mass is 508 g/mol. The molecule has 1 aromatic heterocycles. The van der Waals surface area contributed by atoms with Crippen molar-refractivity contribution >= 4 is 39.2 Å². The van der Waals surface area contributed by atoms with Crippen molar-refractivity contribution in [2.24, 2.45) is 0 Å². The molecule has 0 aliphatic carbocycles. The van der Waals surface area contributed by atoms with Gasteiger partial charge in [-0.05, 0) is 42.0 Å². The number of fused-ring (bicyclic) bond motifs is 3. The minimum atomic E-state index is -0.668. The number of nitrogens with one attached hydrogen (secondary N) is 1. The number of nitrogens with zero attached hydrogens (tertiary/aromatic N) is 3. The van der Waals surface area contributed by atoms with E-state index in [2.05, 4.69) is 31.3 Å².